The van der Waals surface area contributed by atoms with Gasteiger partial charge in [-0.1, -0.05) is 61.3 Å². The zero-order valence-electron chi connectivity index (χ0n) is 21.9. The zero-order chi connectivity index (χ0) is 22.5. The molecule has 5 rings (SSSR count). The molecule has 0 aromatic carbocycles. The molecule has 0 radical (unpaired) electrons. The summed E-state index contributed by atoms with van der Waals surface area (Å²) in [6, 6.07) is 0. The normalized spacial score (nSPS) is 61.5. The minimum atomic E-state index is 0.149. The molecule has 0 unspecified atom stereocenters. The molecule has 0 heterocycles. The van der Waals surface area contributed by atoms with Crippen molar-refractivity contribution in [1.29, 1.82) is 0 Å². The van der Waals surface area contributed by atoms with E-state index in [-0.39, 0.29) is 5.41 Å². The highest BCUT2D eigenvalue weighted by Crippen LogP contribution is 2.78. The van der Waals surface area contributed by atoms with Gasteiger partial charge >= 0.3 is 0 Å². The van der Waals surface area contributed by atoms with Gasteiger partial charge in [-0.2, -0.15) is 0 Å². The van der Waals surface area contributed by atoms with E-state index >= 15 is 0 Å². The Bertz CT molecular complexity index is 730. The van der Waals surface area contributed by atoms with Gasteiger partial charge in [-0.3, -0.25) is 0 Å². The van der Waals surface area contributed by atoms with Gasteiger partial charge in [-0.05, 0) is 120 Å². The Morgan fingerprint density at radius 2 is 1.29 bits per heavy atom. The number of rotatable bonds is 1. The molecule has 0 spiro atoms. The summed E-state index contributed by atoms with van der Waals surface area (Å²) in [7, 11) is 0. The lowest BCUT2D eigenvalue weighted by atomic mass is 9.30. The maximum atomic E-state index is 10.3. The molecular weight excluding hydrogens is 376 g/mol. The molecule has 10 atom stereocenters. The molecule has 0 aromatic heterocycles. The number of aliphatic hydroxyl groups is 1. The molecule has 1 N–H and O–H groups in total. The van der Waals surface area contributed by atoms with Crippen LogP contribution in [0, 0.1) is 56.2 Å². The van der Waals surface area contributed by atoms with E-state index in [1.54, 1.807) is 0 Å². The molecule has 1 nitrogen and oxygen atoms in total. The van der Waals surface area contributed by atoms with E-state index in [0.29, 0.717) is 33.7 Å². The Hall–Kier alpha value is -0.0400. The molecule has 0 bridgehead atoms. The zero-order valence-corrected chi connectivity index (χ0v) is 21.9. The smallest absolute Gasteiger partial charge is 0.0484 e. The van der Waals surface area contributed by atoms with Crippen LogP contribution in [0.4, 0.5) is 0 Å². The molecule has 5 aliphatic rings. The van der Waals surface area contributed by atoms with Crippen LogP contribution in [0.2, 0.25) is 0 Å². The van der Waals surface area contributed by atoms with E-state index in [1.165, 1.54) is 77.0 Å². The fraction of sp³-hybridized carbons (Fsp3) is 1.00. The van der Waals surface area contributed by atoms with Crippen molar-refractivity contribution in [3.63, 3.8) is 0 Å². The van der Waals surface area contributed by atoms with Crippen LogP contribution < -0.4 is 0 Å². The summed E-state index contributed by atoms with van der Waals surface area (Å²) in [5.41, 5.74) is 2.68. The Morgan fingerprint density at radius 3 is 2.00 bits per heavy atom. The van der Waals surface area contributed by atoms with Gasteiger partial charge in [0.05, 0.1) is 0 Å². The maximum absolute atomic E-state index is 10.3. The van der Waals surface area contributed by atoms with E-state index in [2.05, 4.69) is 48.5 Å². The van der Waals surface area contributed by atoms with Crippen molar-refractivity contribution in [1.82, 2.24) is 0 Å². The lowest BCUT2D eigenvalue weighted by molar-refractivity contribution is -0.259. The second-order valence-electron chi connectivity index (χ2n) is 15.2. The second-order valence-corrected chi connectivity index (χ2v) is 15.2. The van der Waals surface area contributed by atoms with Crippen molar-refractivity contribution >= 4 is 0 Å². The second kappa shape index (κ2) is 6.76. The fourth-order valence-corrected chi connectivity index (χ4v) is 11.4. The largest absolute Gasteiger partial charge is 0.396 e. The highest BCUT2D eigenvalue weighted by atomic mass is 16.3. The predicted molar refractivity (Wildman–Crippen MR) is 131 cm³/mol. The quantitative estimate of drug-likeness (QED) is 0.445. The van der Waals surface area contributed by atoms with Gasteiger partial charge in [-0.25, -0.2) is 0 Å². The molecule has 1 heteroatoms. The van der Waals surface area contributed by atoms with Crippen molar-refractivity contribution in [2.75, 3.05) is 6.61 Å². The Labute approximate surface area is 193 Å². The maximum Gasteiger partial charge on any atom is 0.0484 e. The van der Waals surface area contributed by atoms with E-state index in [0.717, 1.165) is 23.7 Å². The van der Waals surface area contributed by atoms with Crippen LogP contribution in [0.15, 0.2) is 0 Å². The molecule has 5 fully saturated rings. The lowest BCUT2D eigenvalue weighted by Gasteiger charge is -2.75. The van der Waals surface area contributed by atoms with Gasteiger partial charge in [0.25, 0.3) is 0 Å². The third-order valence-electron chi connectivity index (χ3n) is 14.1. The topological polar surface area (TPSA) is 20.2 Å². The van der Waals surface area contributed by atoms with Gasteiger partial charge in [0, 0.05) is 6.61 Å². The van der Waals surface area contributed by atoms with Crippen molar-refractivity contribution in [2.45, 2.75) is 126 Å². The van der Waals surface area contributed by atoms with E-state index < -0.39 is 0 Å². The van der Waals surface area contributed by atoms with Crippen LogP contribution in [-0.2, 0) is 0 Å². The van der Waals surface area contributed by atoms with Gasteiger partial charge in [-0.15, -0.1) is 0 Å². The minimum absolute atomic E-state index is 0.149. The summed E-state index contributed by atoms with van der Waals surface area (Å²) in [6.07, 6.45) is 16.9. The molecule has 5 saturated carbocycles. The van der Waals surface area contributed by atoms with Crippen molar-refractivity contribution in [2.24, 2.45) is 56.2 Å². The summed E-state index contributed by atoms with van der Waals surface area (Å²) >= 11 is 0. The first-order valence-electron chi connectivity index (χ1n) is 14.0. The fourth-order valence-electron chi connectivity index (χ4n) is 11.4. The average molecular weight is 429 g/mol. The summed E-state index contributed by atoms with van der Waals surface area (Å²) in [4.78, 5) is 0. The highest BCUT2D eigenvalue weighted by molar-refractivity contribution is 5.19. The molecule has 0 aliphatic heterocycles. The third-order valence-corrected chi connectivity index (χ3v) is 14.1. The monoisotopic (exact) mass is 428 g/mol. The van der Waals surface area contributed by atoms with E-state index in [9.17, 15) is 5.11 Å². The SMILES string of the molecule is C[C@H]1CCC[C@@H]2[C@]1(C)CC[C@H]1[C@@]2(C)CC[C@@]2(C)[C@@H]3C[C@](C)(CO)CC[C@]3(C)CC[C@]12C. The molecule has 31 heavy (non-hydrogen) atoms. The van der Waals surface area contributed by atoms with Crippen LogP contribution in [0.3, 0.4) is 0 Å². The summed E-state index contributed by atoms with van der Waals surface area (Å²) < 4.78 is 0. The van der Waals surface area contributed by atoms with E-state index in [4.69, 9.17) is 0 Å². The van der Waals surface area contributed by atoms with Crippen LogP contribution in [0.1, 0.15) is 126 Å². The Morgan fingerprint density at radius 1 is 0.645 bits per heavy atom. The summed E-state index contributed by atoms with van der Waals surface area (Å²) in [5, 5.41) is 10.3. The van der Waals surface area contributed by atoms with Crippen LogP contribution in [0.25, 0.3) is 0 Å². The van der Waals surface area contributed by atoms with Crippen molar-refractivity contribution in [3.05, 3.63) is 0 Å². The Kier molecular flexibility index (Phi) is 4.96. The molecular formula is C30H52O. The number of aliphatic hydroxyl groups excluding tert-OH is 1. The average Bonchev–Trinajstić information content (AvgIpc) is 2.73. The van der Waals surface area contributed by atoms with E-state index in [1.807, 2.05) is 0 Å². The predicted octanol–water partition coefficient (Wildman–Crippen LogP) is 8.25. The molecule has 0 aromatic rings. The standard InChI is InChI=1S/C30H52O/c1-21-9-8-10-22-27(21,4)12-11-23-28(22,5)16-18-30(7)24-19-25(2,20-31)13-14-26(24,3)15-17-29(23,30)6/h21-24,31H,8-20H2,1-7H3/t21-,22+,23-,24+,25+,26+,27+,28-,29+,30-/m0/s1. The first-order chi connectivity index (χ1) is 14.4. The minimum Gasteiger partial charge on any atom is -0.396 e. The number of hydrogen-bond acceptors (Lipinski definition) is 1. The van der Waals surface area contributed by atoms with Gasteiger partial charge < -0.3 is 5.11 Å². The van der Waals surface area contributed by atoms with Crippen molar-refractivity contribution in [3.8, 4) is 0 Å². The van der Waals surface area contributed by atoms with Gasteiger partial charge in [0.1, 0.15) is 0 Å². The van der Waals surface area contributed by atoms with Crippen LogP contribution in [-0.4, -0.2) is 11.7 Å². The molecule has 0 saturated heterocycles. The molecule has 178 valence electrons. The molecule has 5 aliphatic carbocycles. The lowest BCUT2D eigenvalue weighted by Crippen LogP contribution is -2.67. The summed E-state index contributed by atoms with van der Waals surface area (Å²) in [6.45, 7) is 18.9. The third kappa shape index (κ3) is 2.77. The number of fused-ring (bicyclic) bond motifs is 7. The summed E-state index contributed by atoms with van der Waals surface area (Å²) in [5.74, 6) is 3.52. The molecule has 0 amide bonds. The van der Waals surface area contributed by atoms with Gasteiger partial charge in [0.15, 0.2) is 0 Å². The highest BCUT2D eigenvalue weighted by Gasteiger charge is 2.70. The van der Waals surface area contributed by atoms with Crippen LogP contribution >= 0.6 is 0 Å². The van der Waals surface area contributed by atoms with Crippen molar-refractivity contribution < 1.29 is 5.11 Å². The first-order valence-corrected chi connectivity index (χ1v) is 14.0. The Balaban J connectivity index is 1.54. The first kappa shape index (κ1) is 22.7. The van der Waals surface area contributed by atoms with Gasteiger partial charge in [0.2, 0.25) is 0 Å². The number of hydrogen-bond donors (Lipinski definition) is 1. The van der Waals surface area contributed by atoms with Crippen LogP contribution in [0.5, 0.6) is 0 Å².